The van der Waals surface area contributed by atoms with E-state index in [1.165, 1.54) is 12.8 Å². The summed E-state index contributed by atoms with van der Waals surface area (Å²) in [6, 6.07) is 7.92. The highest BCUT2D eigenvalue weighted by Gasteiger charge is 2.28. The van der Waals surface area contributed by atoms with Crippen LogP contribution in [0.1, 0.15) is 32.6 Å². The molecule has 1 saturated carbocycles. The van der Waals surface area contributed by atoms with Crippen molar-refractivity contribution in [3.8, 4) is 11.5 Å². The molecule has 100 valence electrons. The highest BCUT2D eigenvalue weighted by atomic mass is 16.5. The molecular formula is C15H23NO2. The topological polar surface area (TPSA) is 44.5 Å². The Hall–Kier alpha value is -1.22. The Morgan fingerprint density at radius 3 is 2.72 bits per heavy atom. The molecule has 1 aliphatic carbocycles. The molecule has 0 aromatic heterocycles. The minimum Gasteiger partial charge on any atom is -0.490 e. The zero-order valence-corrected chi connectivity index (χ0v) is 11.1. The predicted molar refractivity (Wildman–Crippen MR) is 73.0 cm³/mol. The van der Waals surface area contributed by atoms with E-state index in [9.17, 15) is 0 Å². The standard InChI is InChI=1S/C15H23NO2/c1-2-10-17-14-7-3-4-8-15(14)18-13-9-5-6-12(13)11-16/h3-4,7-8,12-13H,2,5-6,9-11,16H2,1H3. The summed E-state index contributed by atoms with van der Waals surface area (Å²) in [5, 5.41) is 0. The van der Waals surface area contributed by atoms with Gasteiger partial charge in [-0.1, -0.05) is 19.1 Å². The third-order valence-electron chi connectivity index (χ3n) is 3.48. The van der Waals surface area contributed by atoms with E-state index in [1.807, 2.05) is 24.3 Å². The van der Waals surface area contributed by atoms with Gasteiger partial charge in [-0.25, -0.2) is 0 Å². The Morgan fingerprint density at radius 2 is 2.00 bits per heavy atom. The molecule has 3 heteroatoms. The zero-order valence-electron chi connectivity index (χ0n) is 11.1. The molecule has 3 nitrogen and oxygen atoms in total. The van der Waals surface area contributed by atoms with Gasteiger partial charge in [0.1, 0.15) is 6.10 Å². The predicted octanol–water partition coefficient (Wildman–Crippen LogP) is 2.98. The van der Waals surface area contributed by atoms with Crippen molar-refractivity contribution in [1.29, 1.82) is 0 Å². The first-order valence-electron chi connectivity index (χ1n) is 6.93. The van der Waals surface area contributed by atoms with Crippen LogP contribution in [-0.4, -0.2) is 19.3 Å². The van der Waals surface area contributed by atoms with Crippen molar-refractivity contribution in [1.82, 2.24) is 0 Å². The van der Waals surface area contributed by atoms with Crippen LogP contribution in [0.25, 0.3) is 0 Å². The molecular weight excluding hydrogens is 226 g/mol. The zero-order chi connectivity index (χ0) is 12.8. The molecule has 0 bridgehead atoms. The maximum atomic E-state index is 6.10. The van der Waals surface area contributed by atoms with Gasteiger partial charge in [-0.05, 0) is 44.4 Å². The van der Waals surface area contributed by atoms with Crippen LogP contribution in [0.5, 0.6) is 11.5 Å². The molecule has 0 aliphatic heterocycles. The number of hydrogen-bond donors (Lipinski definition) is 1. The third-order valence-corrected chi connectivity index (χ3v) is 3.48. The summed E-state index contributed by atoms with van der Waals surface area (Å²) in [4.78, 5) is 0. The molecule has 0 radical (unpaired) electrons. The number of benzene rings is 1. The fourth-order valence-electron chi connectivity index (χ4n) is 2.47. The van der Waals surface area contributed by atoms with Gasteiger partial charge >= 0.3 is 0 Å². The van der Waals surface area contributed by atoms with E-state index in [4.69, 9.17) is 15.2 Å². The van der Waals surface area contributed by atoms with Crippen LogP contribution in [-0.2, 0) is 0 Å². The molecule has 0 saturated heterocycles. The Balaban J connectivity index is 2.03. The van der Waals surface area contributed by atoms with E-state index in [0.717, 1.165) is 30.9 Å². The van der Waals surface area contributed by atoms with Crippen LogP contribution in [0.4, 0.5) is 0 Å². The van der Waals surface area contributed by atoms with E-state index in [1.54, 1.807) is 0 Å². The van der Waals surface area contributed by atoms with Gasteiger partial charge in [0.05, 0.1) is 6.61 Å². The lowest BCUT2D eigenvalue weighted by molar-refractivity contribution is 0.153. The monoisotopic (exact) mass is 249 g/mol. The Labute approximate surface area is 109 Å². The molecule has 1 aliphatic rings. The molecule has 2 N–H and O–H groups in total. The normalized spacial score (nSPS) is 23.0. The van der Waals surface area contributed by atoms with E-state index in [-0.39, 0.29) is 6.10 Å². The van der Waals surface area contributed by atoms with Crippen molar-refractivity contribution >= 4 is 0 Å². The number of rotatable bonds is 6. The fraction of sp³-hybridized carbons (Fsp3) is 0.600. The minimum absolute atomic E-state index is 0.251. The van der Waals surface area contributed by atoms with Crippen LogP contribution in [0, 0.1) is 5.92 Å². The van der Waals surface area contributed by atoms with Gasteiger partial charge in [-0.15, -0.1) is 0 Å². The summed E-state index contributed by atoms with van der Waals surface area (Å²) in [6.45, 7) is 3.54. The van der Waals surface area contributed by atoms with Gasteiger partial charge in [0.2, 0.25) is 0 Å². The van der Waals surface area contributed by atoms with Crippen molar-refractivity contribution in [2.45, 2.75) is 38.7 Å². The summed E-state index contributed by atoms with van der Waals surface area (Å²) < 4.78 is 11.8. The first-order valence-corrected chi connectivity index (χ1v) is 6.93. The molecule has 0 heterocycles. The highest BCUT2D eigenvalue weighted by Crippen LogP contribution is 2.33. The number of hydrogen-bond acceptors (Lipinski definition) is 3. The molecule has 1 aromatic rings. The van der Waals surface area contributed by atoms with Crippen LogP contribution in [0.3, 0.4) is 0 Å². The van der Waals surface area contributed by atoms with Gasteiger partial charge in [0.25, 0.3) is 0 Å². The molecule has 1 aromatic carbocycles. The second-order valence-electron chi connectivity index (χ2n) is 4.88. The maximum Gasteiger partial charge on any atom is 0.161 e. The van der Waals surface area contributed by atoms with Crippen molar-refractivity contribution in [2.75, 3.05) is 13.2 Å². The van der Waals surface area contributed by atoms with Crippen molar-refractivity contribution in [2.24, 2.45) is 11.7 Å². The first kappa shape index (κ1) is 13.2. The Bertz CT molecular complexity index is 367. The summed E-state index contributed by atoms with van der Waals surface area (Å²) >= 11 is 0. The first-order chi connectivity index (χ1) is 8.85. The van der Waals surface area contributed by atoms with Crippen LogP contribution >= 0.6 is 0 Å². The van der Waals surface area contributed by atoms with Gasteiger partial charge in [0, 0.05) is 5.92 Å². The SMILES string of the molecule is CCCOc1ccccc1OC1CCCC1CN. The lowest BCUT2D eigenvalue weighted by Gasteiger charge is -2.21. The minimum atomic E-state index is 0.251. The molecule has 0 amide bonds. The fourth-order valence-corrected chi connectivity index (χ4v) is 2.47. The largest absolute Gasteiger partial charge is 0.490 e. The average molecular weight is 249 g/mol. The van der Waals surface area contributed by atoms with E-state index < -0.39 is 0 Å². The van der Waals surface area contributed by atoms with Crippen molar-refractivity contribution < 1.29 is 9.47 Å². The third kappa shape index (κ3) is 3.16. The number of para-hydroxylation sites is 2. The van der Waals surface area contributed by atoms with Crippen molar-refractivity contribution in [3.05, 3.63) is 24.3 Å². The second kappa shape index (κ2) is 6.64. The van der Waals surface area contributed by atoms with E-state index in [2.05, 4.69) is 6.92 Å². The van der Waals surface area contributed by atoms with Gasteiger partial charge < -0.3 is 15.2 Å². The molecule has 2 atom stereocenters. The summed E-state index contributed by atoms with van der Waals surface area (Å²) in [7, 11) is 0. The van der Waals surface area contributed by atoms with Gasteiger partial charge in [0.15, 0.2) is 11.5 Å². The lowest BCUT2D eigenvalue weighted by Crippen LogP contribution is -2.27. The average Bonchev–Trinajstić information content (AvgIpc) is 2.85. The summed E-state index contributed by atoms with van der Waals surface area (Å²) in [5.41, 5.74) is 5.78. The van der Waals surface area contributed by atoms with Crippen LogP contribution in [0.2, 0.25) is 0 Å². The van der Waals surface area contributed by atoms with Crippen LogP contribution < -0.4 is 15.2 Å². The molecule has 0 spiro atoms. The van der Waals surface area contributed by atoms with E-state index >= 15 is 0 Å². The lowest BCUT2D eigenvalue weighted by atomic mass is 10.1. The van der Waals surface area contributed by atoms with E-state index in [0.29, 0.717) is 12.5 Å². The summed E-state index contributed by atoms with van der Waals surface area (Å²) in [6.07, 6.45) is 4.75. The highest BCUT2D eigenvalue weighted by molar-refractivity contribution is 5.39. The smallest absolute Gasteiger partial charge is 0.161 e. The quantitative estimate of drug-likeness (QED) is 0.843. The summed E-state index contributed by atoms with van der Waals surface area (Å²) in [5.74, 6) is 2.20. The Morgan fingerprint density at radius 1 is 1.22 bits per heavy atom. The van der Waals surface area contributed by atoms with Crippen LogP contribution in [0.15, 0.2) is 24.3 Å². The number of nitrogens with two attached hydrogens (primary N) is 1. The molecule has 2 rings (SSSR count). The second-order valence-corrected chi connectivity index (χ2v) is 4.88. The van der Waals surface area contributed by atoms with Gasteiger partial charge in [-0.2, -0.15) is 0 Å². The maximum absolute atomic E-state index is 6.10. The number of ether oxygens (including phenoxy) is 2. The van der Waals surface area contributed by atoms with Gasteiger partial charge in [-0.3, -0.25) is 0 Å². The molecule has 2 unspecified atom stereocenters. The van der Waals surface area contributed by atoms with Crippen molar-refractivity contribution in [3.63, 3.8) is 0 Å². The molecule has 1 fully saturated rings. The Kier molecular flexibility index (Phi) is 4.88. The molecule has 18 heavy (non-hydrogen) atoms.